The summed E-state index contributed by atoms with van der Waals surface area (Å²) >= 11 is 1.16. The van der Waals surface area contributed by atoms with Crippen molar-refractivity contribution in [2.75, 3.05) is 48.8 Å². The Bertz CT molecular complexity index is 653. The third-order valence-electron chi connectivity index (χ3n) is 3.55. The molecule has 0 aliphatic carbocycles. The minimum absolute atomic E-state index is 0.377. The molecule has 1 aliphatic heterocycles. The Morgan fingerprint density at radius 1 is 1.27 bits per heavy atom. The van der Waals surface area contributed by atoms with Gasteiger partial charge in [-0.3, -0.25) is 0 Å². The molecule has 3 rings (SSSR count). The van der Waals surface area contributed by atoms with E-state index in [9.17, 15) is 4.79 Å². The van der Waals surface area contributed by atoms with E-state index in [2.05, 4.69) is 19.8 Å². The number of carbonyl (C=O) groups excluding carboxylic acids is 1. The average molecular weight is 319 g/mol. The van der Waals surface area contributed by atoms with Crippen molar-refractivity contribution < 1.29 is 9.53 Å². The molecule has 22 heavy (non-hydrogen) atoms. The fraction of sp³-hybridized carbons (Fsp3) is 0.357. The molecule has 0 spiro atoms. The Kier molecular flexibility index (Phi) is 4.10. The van der Waals surface area contributed by atoms with Gasteiger partial charge in [-0.1, -0.05) is 17.4 Å². The first-order valence-electron chi connectivity index (χ1n) is 6.94. The van der Waals surface area contributed by atoms with Gasteiger partial charge < -0.3 is 20.3 Å². The van der Waals surface area contributed by atoms with Crippen molar-refractivity contribution >= 4 is 34.1 Å². The number of esters is 1. The Hall–Kier alpha value is -2.35. The van der Waals surface area contributed by atoms with E-state index in [1.54, 1.807) is 6.20 Å². The molecule has 1 fully saturated rings. The molecule has 0 radical (unpaired) electrons. The smallest absolute Gasteiger partial charge is 0.352 e. The second-order valence-corrected chi connectivity index (χ2v) is 5.89. The van der Waals surface area contributed by atoms with Crippen molar-refractivity contribution in [1.82, 2.24) is 9.97 Å². The van der Waals surface area contributed by atoms with E-state index in [4.69, 9.17) is 10.5 Å². The van der Waals surface area contributed by atoms with Crippen LogP contribution in [0.15, 0.2) is 24.4 Å². The molecule has 7 nitrogen and oxygen atoms in total. The van der Waals surface area contributed by atoms with Crippen LogP contribution < -0.4 is 15.5 Å². The number of rotatable bonds is 3. The molecule has 2 aromatic rings. The number of hydrogen-bond acceptors (Lipinski definition) is 8. The number of pyridine rings is 1. The predicted molar refractivity (Wildman–Crippen MR) is 86.5 cm³/mol. The van der Waals surface area contributed by atoms with Gasteiger partial charge in [0.05, 0.1) is 7.11 Å². The quantitative estimate of drug-likeness (QED) is 0.852. The number of piperazine rings is 1. The first kappa shape index (κ1) is 14.6. The van der Waals surface area contributed by atoms with Crippen molar-refractivity contribution in [2.45, 2.75) is 0 Å². The lowest BCUT2D eigenvalue weighted by molar-refractivity contribution is 0.0606. The van der Waals surface area contributed by atoms with Crippen LogP contribution in [0.4, 0.5) is 16.8 Å². The summed E-state index contributed by atoms with van der Waals surface area (Å²) in [5.74, 6) is 1.19. The number of anilines is 3. The van der Waals surface area contributed by atoms with E-state index < -0.39 is 5.97 Å². The summed E-state index contributed by atoms with van der Waals surface area (Å²) in [4.78, 5) is 25.2. The molecule has 0 bridgehead atoms. The van der Waals surface area contributed by atoms with Crippen molar-refractivity contribution in [3.8, 4) is 0 Å². The molecule has 0 saturated carbocycles. The molecule has 2 aromatic heterocycles. The lowest BCUT2D eigenvalue weighted by Crippen LogP contribution is -2.47. The Labute approximate surface area is 132 Å². The highest BCUT2D eigenvalue weighted by Gasteiger charge is 2.26. The number of ether oxygens (including phenoxy) is 1. The van der Waals surface area contributed by atoms with Gasteiger partial charge in [-0.05, 0) is 12.1 Å². The SMILES string of the molecule is COC(=O)c1sc(N)nc1N1CCN(c2ccccn2)CC1. The van der Waals surface area contributed by atoms with Crippen LogP contribution in [0.5, 0.6) is 0 Å². The fourth-order valence-electron chi connectivity index (χ4n) is 2.46. The topological polar surface area (TPSA) is 84.6 Å². The first-order valence-corrected chi connectivity index (χ1v) is 7.76. The van der Waals surface area contributed by atoms with Gasteiger partial charge in [-0.2, -0.15) is 0 Å². The molecular weight excluding hydrogens is 302 g/mol. The number of thiazole rings is 1. The summed E-state index contributed by atoms with van der Waals surface area (Å²) in [5.41, 5.74) is 5.75. The highest BCUT2D eigenvalue weighted by Crippen LogP contribution is 2.29. The molecular formula is C14H17N5O2S. The van der Waals surface area contributed by atoms with Gasteiger partial charge in [0, 0.05) is 32.4 Å². The highest BCUT2D eigenvalue weighted by molar-refractivity contribution is 7.17. The largest absolute Gasteiger partial charge is 0.465 e. The zero-order valence-electron chi connectivity index (χ0n) is 12.2. The molecule has 0 amide bonds. The third kappa shape index (κ3) is 2.82. The highest BCUT2D eigenvalue weighted by atomic mass is 32.1. The van der Waals surface area contributed by atoms with Crippen molar-refractivity contribution in [1.29, 1.82) is 0 Å². The Morgan fingerprint density at radius 3 is 2.64 bits per heavy atom. The van der Waals surface area contributed by atoms with E-state index in [1.807, 2.05) is 18.2 Å². The number of hydrogen-bond donors (Lipinski definition) is 1. The van der Waals surface area contributed by atoms with Crippen LogP contribution >= 0.6 is 11.3 Å². The maximum atomic E-state index is 11.8. The summed E-state index contributed by atoms with van der Waals surface area (Å²) in [6, 6.07) is 5.88. The molecule has 8 heteroatoms. The van der Waals surface area contributed by atoms with Gasteiger partial charge in [-0.25, -0.2) is 14.8 Å². The standard InChI is InChI=1S/C14H17N5O2S/c1-21-13(20)11-12(17-14(15)22-11)19-8-6-18(7-9-19)10-4-2-3-5-16-10/h2-5H,6-9H2,1H3,(H2,15,17). The molecule has 1 aliphatic rings. The van der Waals surface area contributed by atoms with Crippen LogP contribution in [0.25, 0.3) is 0 Å². The van der Waals surface area contributed by atoms with Crippen molar-refractivity contribution in [2.24, 2.45) is 0 Å². The van der Waals surface area contributed by atoms with E-state index in [0.29, 0.717) is 15.8 Å². The third-order valence-corrected chi connectivity index (χ3v) is 4.40. The van der Waals surface area contributed by atoms with Crippen LogP contribution in [0.1, 0.15) is 9.67 Å². The second kappa shape index (κ2) is 6.18. The van der Waals surface area contributed by atoms with Gasteiger partial charge >= 0.3 is 5.97 Å². The predicted octanol–water partition coefficient (Wildman–Crippen LogP) is 1.23. The number of nitrogens with zero attached hydrogens (tertiary/aromatic N) is 4. The van der Waals surface area contributed by atoms with E-state index in [0.717, 1.165) is 43.3 Å². The molecule has 116 valence electrons. The lowest BCUT2D eigenvalue weighted by atomic mass is 10.3. The number of methoxy groups -OCH3 is 1. The molecule has 0 unspecified atom stereocenters. The minimum atomic E-state index is -0.392. The van der Waals surface area contributed by atoms with E-state index in [-0.39, 0.29) is 0 Å². The first-order chi connectivity index (χ1) is 10.7. The van der Waals surface area contributed by atoms with E-state index in [1.165, 1.54) is 7.11 Å². The van der Waals surface area contributed by atoms with Crippen LogP contribution in [-0.2, 0) is 4.74 Å². The van der Waals surface area contributed by atoms with Gasteiger partial charge in [0.2, 0.25) is 0 Å². The van der Waals surface area contributed by atoms with Gasteiger partial charge in [0.1, 0.15) is 5.82 Å². The molecule has 0 aromatic carbocycles. The van der Waals surface area contributed by atoms with Crippen LogP contribution in [0, 0.1) is 0 Å². The van der Waals surface area contributed by atoms with Crippen molar-refractivity contribution in [3.63, 3.8) is 0 Å². The molecule has 3 heterocycles. The number of nitrogens with two attached hydrogens (primary N) is 1. The molecule has 2 N–H and O–H groups in total. The second-order valence-electron chi connectivity index (χ2n) is 4.86. The Morgan fingerprint density at radius 2 is 2.00 bits per heavy atom. The monoisotopic (exact) mass is 319 g/mol. The summed E-state index contributed by atoms with van der Waals surface area (Å²) in [5, 5.41) is 0.377. The van der Waals surface area contributed by atoms with E-state index >= 15 is 0 Å². The van der Waals surface area contributed by atoms with Gasteiger partial charge in [-0.15, -0.1) is 0 Å². The normalized spacial score (nSPS) is 15.0. The molecule has 0 atom stereocenters. The van der Waals surface area contributed by atoms with Crippen LogP contribution in [0.3, 0.4) is 0 Å². The van der Waals surface area contributed by atoms with Gasteiger partial charge in [0.25, 0.3) is 0 Å². The fourth-order valence-corrected chi connectivity index (χ4v) is 3.23. The van der Waals surface area contributed by atoms with Gasteiger partial charge in [0.15, 0.2) is 15.8 Å². The average Bonchev–Trinajstić information content (AvgIpc) is 2.97. The Balaban J connectivity index is 1.73. The maximum absolute atomic E-state index is 11.8. The van der Waals surface area contributed by atoms with Crippen molar-refractivity contribution in [3.05, 3.63) is 29.3 Å². The number of aromatic nitrogens is 2. The zero-order valence-corrected chi connectivity index (χ0v) is 13.0. The zero-order chi connectivity index (χ0) is 15.5. The lowest BCUT2D eigenvalue weighted by Gasteiger charge is -2.35. The van der Waals surface area contributed by atoms with Crippen LogP contribution in [-0.4, -0.2) is 49.2 Å². The minimum Gasteiger partial charge on any atom is -0.465 e. The summed E-state index contributed by atoms with van der Waals surface area (Å²) in [6.45, 7) is 3.14. The summed E-state index contributed by atoms with van der Waals surface area (Å²) in [6.07, 6.45) is 1.79. The summed E-state index contributed by atoms with van der Waals surface area (Å²) in [7, 11) is 1.36. The summed E-state index contributed by atoms with van der Waals surface area (Å²) < 4.78 is 4.80. The molecule has 1 saturated heterocycles. The maximum Gasteiger partial charge on any atom is 0.352 e. The number of nitrogen functional groups attached to an aromatic ring is 1. The van der Waals surface area contributed by atoms with Crippen LogP contribution in [0.2, 0.25) is 0 Å². The number of carbonyl (C=O) groups is 1.